The van der Waals surface area contributed by atoms with Crippen molar-refractivity contribution in [2.45, 2.75) is 12.3 Å². The van der Waals surface area contributed by atoms with E-state index in [1.165, 1.54) is 0 Å². The molecule has 0 saturated carbocycles. The van der Waals surface area contributed by atoms with Crippen LogP contribution in [0.4, 0.5) is 0 Å². The highest BCUT2D eigenvalue weighted by molar-refractivity contribution is 5.13. The maximum Gasteiger partial charge on any atom is 0.104 e. The third kappa shape index (κ3) is 2.44. The van der Waals surface area contributed by atoms with Gasteiger partial charge in [-0.2, -0.15) is 0 Å². The van der Waals surface area contributed by atoms with Crippen LogP contribution >= 0.6 is 0 Å². The van der Waals surface area contributed by atoms with E-state index in [0.29, 0.717) is 6.54 Å². The van der Waals surface area contributed by atoms with Crippen LogP contribution in [-0.4, -0.2) is 11.5 Å². The Hall–Kier alpha value is -1.61. The second-order valence-corrected chi connectivity index (χ2v) is 3.47. The molecular weight excluding hydrogens is 188 g/mol. The number of nitrogens with zero attached hydrogens (tertiary/aromatic N) is 1. The first-order valence-electron chi connectivity index (χ1n) is 5.03. The number of pyridine rings is 1. The summed E-state index contributed by atoms with van der Waals surface area (Å²) in [6, 6.07) is 9.74. The Balaban J connectivity index is 2.12. The van der Waals surface area contributed by atoms with Crippen LogP contribution in [0.2, 0.25) is 0 Å². The highest BCUT2D eigenvalue weighted by Gasteiger charge is 2.12. The minimum atomic E-state index is 0.234. The van der Waals surface area contributed by atoms with Gasteiger partial charge >= 0.3 is 0 Å². The zero-order valence-electron chi connectivity index (χ0n) is 8.47. The lowest BCUT2D eigenvalue weighted by Crippen LogP contribution is -2.15. The van der Waals surface area contributed by atoms with Crippen molar-refractivity contribution >= 4 is 0 Å². The van der Waals surface area contributed by atoms with Gasteiger partial charge in [-0.25, -0.2) is 0 Å². The van der Waals surface area contributed by atoms with Crippen molar-refractivity contribution in [1.29, 1.82) is 0 Å². The predicted octanol–water partition coefficient (Wildman–Crippen LogP) is 1.96. The molecule has 15 heavy (non-hydrogen) atoms. The molecule has 0 aliphatic heterocycles. The van der Waals surface area contributed by atoms with Crippen LogP contribution in [0, 0.1) is 0 Å². The standard InChI is InChI=1S/C12H14N2O/c13-9-10(8-11-4-3-7-15-11)12-5-1-2-6-14-12/h1-7,10H,8-9,13H2. The summed E-state index contributed by atoms with van der Waals surface area (Å²) in [6.45, 7) is 0.581. The van der Waals surface area contributed by atoms with E-state index >= 15 is 0 Å². The van der Waals surface area contributed by atoms with Gasteiger partial charge in [0.25, 0.3) is 0 Å². The fraction of sp³-hybridized carbons (Fsp3) is 0.250. The summed E-state index contributed by atoms with van der Waals surface area (Å²) in [4.78, 5) is 4.31. The summed E-state index contributed by atoms with van der Waals surface area (Å²) in [7, 11) is 0. The zero-order chi connectivity index (χ0) is 10.5. The number of rotatable bonds is 4. The molecule has 3 heteroatoms. The molecule has 0 amide bonds. The number of nitrogens with two attached hydrogens (primary N) is 1. The van der Waals surface area contributed by atoms with E-state index in [0.717, 1.165) is 17.9 Å². The number of aromatic nitrogens is 1. The van der Waals surface area contributed by atoms with Crippen molar-refractivity contribution in [2.24, 2.45) is 5.73 Å². The molecule has 2 rings (SSSR count). The summed E-state index contributed by atoms with van der Waals surface area (Å²) < 4.78 is 5.30. The third-order valence-corrected chi connectivity index (χ3v) is 2.42. The van der Waals surface area contributed by atoms with E-state index in [-0.39, 0.29) is 5.92 Å². The molecule has 0 aromatic carbocycles. The molecule has 0 bridgehead atoms. The summed E-state index contributed by atoms with van der Waals surface area (Å²) >= 11 is 0. The van der Waals surface area contributed by atoms with Gasteiger partial charge in [0.05, 0.1) is 6.26 Å². The van der Waals surface area contributed by atoms with Crippen LogP contribution in [0.3, 0.4) is 0 Å². The number of hydrogen-bond donors (Lipinski definition) is 1. The van der Waals surface area contributed by atoms with Crippen LogP contribution in [0.25, 0.3) is 0 Å². The molecule has 2 aromatic heterocycles. The van der Waals surface area contributed by atoms with Crippen LogP contribution in [0.15, 0.2) is 47.2 Å². The maximum absolute atomic E-state index is 5.74. The quantitative estimate of drug-likeness (QED) is 0.824. The molecule has 0 spiro atoms. The smallest absolute Gasteiger partial charge is 0.104 e. The SMILES string of the molecule is NCC(Cc1ccco1)c1ccccn1. The van der Waals surface area contributed by atoms with Gasteiger partial charge in [0, 0.05) is 30.8 Å². The van der Waals surface area contributed by atoms with Crippen LogP contribution in [-0.2, 0) is 6.42 Å². The van der Waals surface area contributed by atoms with Crippen molar-refractivity contribution in [3.8, 4) is 0 Å². The van der Waals surface area contributed by atoms with Gasteiger partial charge in [0.2, 0.25) is 0 Å². The summed E-state index contributed by atoms with van der Waals surface area (Å²) in [5.74, 6) is 1.19. The third-order valence-electron chi connectivity index (χ3n) is 2.42. The molecule has 78 valence electrons. The second kappa shape index (κ2) is 4.75. The number of furan rings is 1. The van der Waals surface area contributed by atoms with Crippen molar-refractivity contribution in [2.75, 3.05) is 6.54 Å². The van der Waals surface area contributed by atoms with Crippen molar-refractivity contribution in [3.63, 3.8) is 0 Å². The predicted molar refractivity (Wildman–Crippen MR) is 58.4 cm³/mol. The summed E-state index contributed by atoms with van der Waals surface area (Å²) in [5.41, 5.74) is 6.76. The van der Waals surface area contributed by atoms with E-state index in [9.17, 15) is 0 Å². The molecule has 2 heterocycles. The Morgan fingerprint density at radius 1 is 1.27 bits per heavy atom. The fourth-order valence-corrected chi connectivity index (χ4v) is 1.60. The van der Waals surface area contributed by atoms with Gasteiger partial charge in [-0.3, -0.25) is 4.98 Å². The first kappa shape index (κ1) is 9.93. The van der Waals surface area contributed by atoms with Gasteiger partial charge < -0.3 is 10.2 Å². The van der Waals surface area contributed by atoms with Gasteiger partial charge in [0.1, 0.15) is 5.76 Å². The summed E-state index contributed by atoms with van der Waals surface area (Å²) in [5, 5.41) is 0. The zero-order valence-corrected chi connectivity index (χ0v) is 8.47. The highest BCUT2D eigenvalue weighted by Crippen LogP contribution is 2.17. The van der Waals surface area contributed by atoms with Crippen LogP contribution < -0.4 is 5.73 Å². The van der Waals surface area contributed by atoms with E-state index in [1.54, 1.807) is 12.5 Å². The van der Waals surface area contributed by atoms with Crippen molar-refractivity contribution < 1.29 is 4.42 Å². The van der Waals surface area contributed by atoms with Crippen LogP contribution in [0.1, 0.15) is 17.4 Å². The lowest BCUT2D eigenvalue weighted by atomic mass is 9.99. The topological polar surface area (TPSA) is 52.0 Å². The van der Waals surface area contributed by atoms with E-state index in [2.05, 4.69) is 4.98 Å². The van der Waals surface area contributed by atoms with Gasteiger partial charge in [-0.1, -0.05) is 6.07 Å². The maximum atomic E-state index is 5.74. The first-order chi connectivity index (χ1) is 7.40. The van der Waals surface area contributed by atoms with Crippen LogP contribution in [0.5, 0.6) is 0 Å². The minimum absolute atomic E-state index is 0.234. The Morgan fingerprint density at radius 2 is 2.20 bits per heavy atom. The Bertz CT molecular complexity index is 383. The average Bonchev–Trinajstić information content (AvgIpc) is 2.80. The molecule has 0 fully saturated rings. The Kier molecular flexibility index (Phi) is 3.15. The molecule has 2 aromatic rings. The average molecular weight is 202 g/mol. The Labute approximate surface area is 88.9 Å². The van der Waals surface area contributed by atoms with Crippen molar-refractivity contribution in [3.05, 3.63) is 54.2 Å². The monoisotopic (exact) mass is 202 g/mol. The van der Waals surface area contributed by atoms with Gasteiger partial charge in [-0.05, 0) is 24.3 Å². The molecule has 0 radical (unpaired) electrons. The molecule has 1 atom stereocenters. The number of hydrogen-bond acceptors (Lipinski definition) is 3. The van der Waals surface area contributed by atoms with Crippen molar-refractivity contribution in [1.82, 2.24) is 4.98 Å². The molecule has 1 unspecified atom stereocenters. The molecule has 3 nitrogen and oxygen atoms in total. The lowest BCUT2D eigenvalue weighted by Gasteiger charge is -2.11. The molecule has 0 aliphatic rings. The Morgan fingerprint density at radius 3 is 2.80 bits per heavy atom. The minimum Gasteiger partial charge on any atom is -0.469 e. The molecule has 0 saturated heterocycles. The normalized spacial score (nSPS) is 12.6. The highest BCUT2D eigenvalue weighted by atomic mass is 16.3. The lowest BCUT2D eigenvalue weighted by molar-refractivity contribution is 0.484. The summed E-state index contributed by atoms with van der Waals surface area (Å²) in [6.07, 6.45) is 4.28. The van der Waals surface area contributed by atoms with E-state index in [1.807, 2.05) is 30.3 Å². The molecular formula is C12H14N2O. The largest absolute Gasteiger partial charge is 0.469 e. The molecule has 2 N–H and O–H groups in total. The fourth-order valence-electron chi connectivity index (χ4n) is 1.60. The van der Waals surface area contributed by atoms with E-state index < -0.39 is 0 Å². The first-order valence-corrected chi connectivity index (χ1v) is 5.03. The second-order valence-electron chi connectivity index (χ2n) is 3.47. The van der Waals surface area contributed by atoms with E-state index in [4.69, 9.17) is 10.2 Å². The molecule has 0 aliphatic carbocycles. The van der Waals surface area contributed by atoms with Gasteiger partial charge in [0.15, 0.2) is 0 Å². The van der Waals surface area contributed by atoms with Gasteiger partial charge in [-0.15, -0.1) is 0 Å².